The highest BCUT2D eigenvalue weighted by atomic mass is 16.5. The van der Waals surface area contributed by atoms with Gasteiger partial charge in [0.05, 0.1) is 0 Å². The smallest absolute Gasteiger partial charge is 0.334 e. The van der Waals surface area contributed by atoms with Gasteiger partial charge >= 0.3 is 5.97 Å². The summed E-state index contributed by atoms with van der Waals surface area (Å²) >= 11 is 0. The zero-order chi connectivity index (χ0) is 19.3. The number of Topliss-reactive ketones (excluding diaryl/α,β-unsaturated/α-hetero) is 1. The van der Waals surface area contributed by atoms with Crippen molar-refractivity contribution in [2.75, 3.05) is 0 Å². The summed E-state index contributed by atoms with van der Waals surface area (Å²) in [6, 6.07) is 4.13. The van der Waals surface area contributed by atoms with Gasteiger partial charge in [-0.1, -0.05) is 25.5 Å². The van der Waals surface area contributed by atoms with Crippen LogP contribution in [0, 0.1) is 5.92 Å². The third-order valence-corrected chi connectivity index (χ3v) is 4.48. The molecule has 0 aromatic heterocycles. The van der Waals surface area contributed by atoms with Gasteiger partial charge in [-0.25, -0.2) is 4.79 Å². The molecule has 0 radical (unpaired) electrons. The van der Waals surface area contributed by atoms with E-state index in [1.165, 1.54) is 18.2 Å². The predicted molar refractivity (Wildman–Crippen MR) is 98.8 cm³/mol. The Morgan fingerprint density at radius 2 is 2.00 bits per heavy atom. The molecule has 2 rings (SSSR count). The number of benzene rings is 1. The number of phenols is 2. The van der Waals surface area contributed by atoms with Gasteiger partial charge in [-0.2, -0.15) is 0 Å². The topological polar surface area (TPSA) is 83.8 Å². The number of ketones is 1. The lowest BCUT2D eigenvalue weighted by Crippen LogP contribution is -2.06. The predicted octanol–water partition coefficient (Wildman–Crippen LogP) is 4.35. The van der Waals surface area contributed by atoms with E-state index >= 15 is 0 Å². The van der Waals surface area contributed by atoms with Crippen molar-refractivity contribution in [3.8, 4) is 11.5 Å². The first-order valence-corrected chi connectivity index (χ1v) is 8.89. The van der Waals surface area contributed by atoms with Crippen LogP contribution in [0.4, 0.5) is 0 Å². The van der Waals surface area contributed by atoms with Gasteiger partial charge < -0.3 is 14.9 Å². The number of hydrogen-bond acceptors (Lipinski definition) is 5. The first-order valence-electron chi connectivity index (χ1n) is 8.89. The van der Waals surface area contributed by atoms with Crippen molar-refractivity contribution >= 4 is 11.8 Å². The van der Waals surface area contributed by atoms with E-state index in [2.05, 4.69) is 0 Å². The van der Waals surface area contributed by atoms with Crippen LogP contribution in [0.1, 0.15) is 58.1 Å². The fourth-order valence-electron chi connectivity index (χ4n) is 2.77. The molecule has 2 N–H and O–H groups in total. The van der Waals surface area contributed by atoms with Crippen molar-refractivity contribution in [3.05, 3.63) is 47.1 Å². The first kappa shape index (κ1) is 19.8. The molecule has 1 atom stereocenters. The number of ether oxygens (including phenoxy) is 1. The van der Waals surface area contributed by atoms with E-state index in [1.54, 1.807) is 6.08 Å². The summed E-state index contributed by atoms with van der Waals surface area (Å²) in [7, 11) is 0. The summed E-state index contributed by atoms with van der Waals surface area (Å²) in [6.45, 7) is 5.79. The minimum absolute atomic E-state index is 0.00482. The van der Waals surface area contributed by atoms with Crippen molar-refractivity contribution in [2.45, 2.75) is 52.6 Å². The Labute approximate surface area is 154 Å². The SMILES string of the molecule is C/C(=C\CCC1=C[C@@H](c2cc(O)ccc2O)OC1=O)CCC(=O)C(C)C. The van der Waals surface area contributed by atoms with Gasteiger partial charge in [0.1, 0.15) is 23.4 Å². The molecule has 1 aromatic carbocycles. The van der Waals surface area contributed by atoms with Crippen molar-refractivity contribution in [2.24, 2.45) is 5.92 Å². The van der Waals surface area contributed by atoms with Crippen LogP contribution in [0.25, 0.3) is 0 Å². The molecule has 1 heterocycles. The van der Waals surface area contributed by atoms with Crippen molar-refractivity contribution in [1.29, 1.82) is 0 Å². The number of aromatic hydroxyl groups is 2. The van der Waals surface area contributed by atoms with Crippen LogP contribution in [0.5, 0.6) is 11.5 Å². The summed E-state index contributed by atoms with van der Waals surface area (Å²) in [5.74, 6) is -0.103. The maximum Gasteiger partial charge on any atom is 0.334 e. The summed E-state index contributed by atoms with van der Waals surface area (Å²) < 4.78 is 5.29. The lowest BCUT2D eigenvalue weighted by Gasteiger charge is -2.10. The minimum Gasteiger partial charge on any atom is -0.508 e. The first-order chi connectivity index (χ1) is 12.3. The van der Waals surface area contributed by atoms with Crippen molar-refractivity contribution in [1.82, 2.24) is 0 Å². The van der Waals surface area contributed by atoms with E-state index in [0.717, 1.165) is 12.0 Å². The largest absolute Gasteiger partial charge is 0.508 e. The molecule has 0 fully saturated rings. The molecule has 0 saturated carbocycles. The Hall–Kier alpha value is -2.56. The number of phenolic OH excluding ortho intramolecular Hbond substituents is 2. The maximum absolute atomic E-state index is 12.0. The van der Waals surface area contributed by atoms with Gasteiger partial charge in [0, 0.05) is 23.5 Å². The fraction of sp³-hybridized carbons (Fsp3) is 0.429. The van der Waals surface area contributed by atoms with E-state index in [0.29, 0.717) is 30.4 Å². The van der Waals surface area contributed by atoms with E-state index in [1.807, 2.05) is 26.8 Å². The summed E-state index contributed by atoms with van der Waals surface area (Å²) in [5, 5.41) is 19.4. The second-order valence-corrected chi connectivity index (χ2v) is 6.97. The highest BCUT2D eigenvalue weighted by Crippen LogP contribution is 2.36. The van der Waals surface area contributed by atoms with Gasteiger partial charge in [-0.15, -0.1) is 0 Å². The Kier molecular flexibility index (Phi) is 6.61. The minimum atomic E-state index is -0.682. The van der Waals surface area contributed by atoms with Gasteiger partial charge in [-0.3, -0.25) is 4.79 Å². The van der Waals surface area contributed by atoms with E-state index < -0.39 is 12.1 Å². The Balaban J connectivity index is 1.93. The average molecular weight is 358 g/mol. The molecule has 5 heteroatoms. The van der Waals surface area contributed by atoms with Crippen LogP contribution in [-0.2, 0) is 14.3 Å². The fourth-order valence-corrected chi connectivity index (χ4v) is 2.77. The highest BCUT2D eigenvalue weighted by molar-refractivity contribution is 5.91. The van der Waals surface area contributed by atoms with Gasteiger partial charge in [-0.05, 0) is 50.5 Å². The van der Waals surface area contributed by atoms with E-state index in [-0.39, 0.29) is 23.2 Å². The molecular formula is C21H26O5. The number of rotatable bonds is 8. The van der Waals surface area contributed by atoms with Crippen molar-refractivity contribution < 1.29 is 24.5 Å². The molecule has 0 saturated heterocycles. The third-order valence-electron chi connectivity index (χ3n) is 4.48. The quantitative estimate of drug-likeness (QED) is 0.410. The lowest BCUT2D eigenvalue weighted by atomic mass is 10.0. The second-order valence-electron chi connectivity index (χ2n) is 6.97. The summed E-state index contributed by atoms with van der Waals surface area (Å²) in [4.78, 5) is 23.7. The highest BCUT2D eigenvalue weighted by Gasteiger charge is 2.28. The number of esters is 1. The molecule has 1 aliphatic rings. The van der Waals surface area contributed by atoms with E-state index in [9.17, 15) is 19.8 Å². The number of hydrogen-bond donors (Lipinski definition) is 2. The van der Waals surface area contributed by atoms with Crippen molar-refractivity contribution in [3.63, 3.8) is 0 Å². The average Bonchev–Trinajstić information content (AvgIpc) is 2.95. The van der Waals surface area contributed by atoms with Crippen LogP contribution in [0.2, 0.25) is 0 Å². The maximum atomic E-state index is 12.0. The second kappa shape index (κ2) is 8.70. The van der Waals surface area contributed by atoms with Gasteiger partial charge in [0.2, 0.25) is 0 Å². The number of carbonyl (C=O) groups excluding carboxylic acids is 2. The van der Waals surface area contributed by atoms with Crippen LogP contribution >= 0.6 is 0 Å². The molecule has 0 spiro atoms. The molecule has 0 bridgehead atoms. The molecule has 140 valence electrons. The van der Waals surface area contributed by atoms with Crippen LogP contribution in [-0.4, -0.2) is 22.0 Å². The molecule has 0 aliphatic carbocycles. The van der Waals surface area contributed by atoms with Crippen LogP contribution in [0.15, 0.2) is 41.5 Å². The Morgan fingerprint density at radius 3 is 2.69 bits per heavy atom. The number of carbonyl (C=O) groups is 2. The van der Waals surface area contributed by atoms with Gasteiger partial charge in [0.15, 0.2) is 0 Å². The van der Waals surface area contributed by atoms with Crippen LogP contribution < -0.4 is 0 Å². The molecular weight excluding hydrogens is 332 g/mol. The molecule has 5 nitrogen and oxygen atoms in total. The van der Waals surface area contributed by atoms with Gasteiger partial charge in [0.25, 0.3) is 0 Å². The molecule has 0 unspecified atom stereocenters. The number of allylic oxidation sites excluding steroid dienone is 2. The summed E-state index contributed by atoms with van der Waals surface area (Å²) in [5.41, 5.74) is 2.06. The Morgan fingerprint density at radius 1 is 1.27 bits per heavy atom. The normalized spacial score (nSPS) is 17.4. The molecule has 0 amide bonds. The molecule has 1 aliphatic heterocycles. The lowest BCUT2D eigenvalue weighted by molar-refractivity contribution is -0.140. The third kappa shape index (κ3) is 5.22. The zero-order valence-electron chi connectivity index (χ0n) is 15.5. The zero-order valence-corrected chi connectivity index (χ0v) is 15.5. The Bertz CT molecular complexity index is 743. The molecule has 1 aromatic rings. The summed E-state index contributed by atoms with van der Waals surface area (Å²) in [6.07, 6.45) is 5.54. The van der Waals surface area contributed by atoms with E-state index in [4.69, 9.17) is 4.74 Å². The standard InChI is InChI=1S/C21H26O5/c1-13(2)18(23)9-7-14(3)5-4-6-15-11-20(26-21(15)25)17-12-16(22)8-10-19(17)24/h5,8,10-13,20,22,24H,4,6-7,9H2,1-3H3/b14-5+/t20-/m0/s1. The monoisotopic (exact) mass is 358 g/mol. The number of cyclic esters (lactones) is 1. The molecule has 26 heavy (non-hydrogen) atoms. The van der Waals surface area contributed by atoms with Crippen LogP contribution in [0.3, 0.4) is 0 Å².